The van der Waals surface area contributed by atoms with Gasteiger partial charge in [-0.05, 0) is 30.3 Å². The van der Waals surface area contributed by atoms with Gasteiger partial charge in [0.25, 0.3) is 5.91 Å². The highest BCUT2D eigenvalue weighted by Gasteiger charge is 2.08. The van der Waals surface area contributed by atoms with E-state index in [4.69, 9.17) is 4.74 Å². The standard InChI is InChI=1S/C17H12FN3O2/c18-13-4-1-3-12(9-13)17(22)21-14-5-2-6-15(10-14)23-16-11-19-7-8-20-16/h1-11H,(H,21,22). The molecule has 2 aromatic carbocycles. The number of aromatic nitrogens is 2. The van der Waals surface area contributed by atoms with Crippen molar-refractivity contribution in [2.24, 2.45) is 0 Å². The van der Waals surface area contributed by atoms with Gasteiger partial charge < -0.3 is 10.1 Å². The van der Waals surface area contributed by atoms with Crippen molar-refractivity contribution in [3.63, 3.8) is 0 Å². The van der Waals surface area contributed by atoms with Gasteiger partial charge in [-0.15, -0.1) is 0 Å². The lowest BCUT2D eigenvalue weighted by Gasteiger charge is -2.08. The summed E-state index contributed by atoms with van der Waals surface area (Å²) in [5, 5.41) is 2.69. The maximum absolute atomic E-state index is 13.2. The topological polar surface area (TPSA) is 64.1 Å². The second-order valence-electron chi connectivity index (χ2n) is 4.64. The summed E-state index contributed by atoms with van der Waals surface area (Å²) in [6.07, 6.45) is 4.55. The fraction of sp³-hybridized carbons (Fsp3) is 0. The Kier molecular flexibility index (Phi) is 4.24. The van der Waals surface area contributed by atoms with Crippen molar-refractivity contribution < 1.29 is 13.9 Å². The molecule has 0 aliphatic heterocycles. The van der Waals surface area contributed by atoms with Crippen molar-refractivity contribution >= 4 is 11.6 Å². The van der Waals surface area contributed by atoms with Crippen LogP contribution in [0.25, 0.3) is 0 Å². The molecule has 0 atom stereocenters. The number of carbonyl (C=O) groups excluding carboxylic acids is 1. The van der Waals surface area contributed by atoms with E-state index in [1.165, 1.54) is 30.6 Å². The molecule has 114 valence electrons. The summed E-state index contributed by atoms with van der Waals surface area (Å²) in [5.74, 6) is -0.0119. The normalized spacial score (nSPS) is 10.1. The van der Waals surface area contributed by atoms with Gasteiger partial charge in [-0.1, -0.05) is 12.1 Å². The first-order chi connectivity index (χ1) is 11.2. The maximum Gasteiger partial charge on any atom is 0.255 e. The molecule has 0 aliphatic carbocycles. The minimum Gasteiger partial charge on any atom is -0.437 e. The Labute approximate surface area is 131 Å². The van der Waals surface area contributed by atoms with Crippen LogP contribution in [0, 0.1) is 5.82 Å². The zero-order chi connectivity index (χ0) is 16.1. The van der Waals surface area contributed by atoms with E-state index in [0.29, 0.717) is 17.3 Å². The highest BCUT2D eigenvalue weighted by molar-refractivity contribution is 6.04. The number of ether oxygens (including phenoxy) is 1. The van der Waals surface area contributed by atoms with E-state index in [0.717, 1.165) is 0 Å². The van der Waals surface area contributed by atoms with Gasteiger partial charge in [-0.2, -0.15) is 0 Å². The molecular weight excluding hydrogens is 297 g/mol. The second kappa shape index (κ2) is 6.65. The van der Waals surface area contributed by atoms with Crippen LogP contribution in [0.4, 0.5) is 10.1 Å². The number of rotatable bonds is 4. The third-order valence-corrected chi connectivity index (χ3v) is 2.94. The van der Waals surface area contributed by atoms with Crippen LogP contribution < -0.4 is 10.1 Å². The maximum atomic E-state index is 13.2. The van der Waals surface area contributed by atoms with Crippen LogP contribution in [-0.2, 0) is 0 Å². The van der Waals surface area contributed by atoms with Gasteiger partial charge in [0.15, 0.2) is 0 Å². The van der Waals surface area contributed by atoms with Crippen molar-refractivity contribution in [3.8, 4) is 11.6 Å². The van der Waals surface area contributed by atoms with Crippen molar-refractivity contribution in [2.45, 2.75) is 0 Å². The third-order valence-electron chi connectivity index (χ3n) is 2.94. The molecule has 5 nitrogen and oxygen atoms in total. The van der Waals surface area contributed by atoms with E-state index < -0.39 is 11.7 Å². The first-order valence-electron chi connectivity index (χ1n) is 6.81. The van der Waals surface area contributed by atoms with Crippen LogP contribution in [0.2, 0.25) is 0 Å². The lowest BCUT2D eigenvalue weighted by Crippen LogP contribution is -2.12. The van der Waals surface area contributed by atoms with Crippen LogP contribution in [0.1, 0.15) is 10.4 Å². The lowest BCUT2D eigenvalue weighted by atomic mass is 10.2. The SMILES string of the molecule is O=C(Nc1cccc(Oc2cnccn2)c1)c1cccc(F)c1. The molecule has 0 spiro atoms. The number of halogens is 1. The second-order valence-corrected chi connectivity index (χ2v) is 4.64. The van der Waals surface area contributed by atoms with Crippen LogP contribution in [-0.4, -0.2) is 15.9 Å². The van der Waals surface area contributed by atoms with E-state index in [2.05, 4.69) is 15.3 Å². The van der Waals surface area contributed by atoms with Crippen LogP contribution in [0.15, 0.2) is 67.1 Å². The number of nitrogens with zero attached hydrogens (tertiary/aromatic N) is 2. The van der Waals surface area contributed by atoms with E-state index in [-0.39, 0.29) is 5.56 Å². The van der Waals surface area contributed by atoms with Gasteiger partial charge in [0.05, 0.1) is 6.20 Å². The lowest BCUT2D eigenvalue weighted by molar-refractivity contribution is 0.102. The summed E-state index contributed by atoms with van der Waals surface area (Å²) in [4.78, 5) is 20.0. The van der Waals surface area contributed by atoms with Gasteiger partial charge in [-0.3, -0.25) is 9.78 Å². The Balaban J connectivity index is 1.74. The molecule has 0 unspecified atom stereocenters. The number of nitrogens with one attached hydrogen (secondary N) is 1. The molecule has 0 bridgehead atoms. The van der Waals surface area contributed by atoms with Crippen LogP contribution >= 0.6 is 0 Å². The molecule has 0 radical (unpaired) electrons. The number of hydrogen-bond acceptors (Lipinski definition) is 4. The molecule has 1 heterocycles. The molecule has 6 heteroatoms. The van der Waals surface area contributed by atoms with E-state index in [1.54, 1.807) is 36.5 Å². The minimum absolute atomic E-state index is 0.241. The average molecular weight is 309 g/mol. The molecule has 1 aromatic heterocycles. The van der Waals surface area contributed by atoms with Gasteiger partial charge in [-0.25, -0.2) is 9.37 Å². The first-order valence-corrected chi connectivity index (χ1v) is 6.81. The predicted octanol–water partition coefficient (Wildman–Crippen LogP) is 3.66. The molecule has 0 saturated heterocycles. The Hall–Kier alpha value is -3.28. The van der Waals surface area contributed by atoms with E-state index >= 15 is 0 Å². The number of benzene rings is 2. The van der Waals surface area contributed by atoms with Crippen molar-refractivity contribution in [1.82, 2.24) is 9.97 Å². The largest absolute Gasteiger partial charge is 0.437 e. The zero-order valence-electron chi connectivity index (χ0n) is 11.9. The molecular formula is C17H12FN3O2. The summed E-state index contributed by atoms with van der Waals surface area (Å²) >= 11 is 0. The summed E-state index contributed by atoms with van der Waals surface area (Å²) < 4.78 is 18.7. The van der Waals surface area contributed by atoms with Crippen molar-refractivity contribution in [1.29, 1.82) is 0 Å². The van der Waals surface area contributed by atoms with Crippen LogP contribution in [0.3, 0.4) is 0 Å². The molecule has 0 saturated carbocycles. The molecule has 3 aromatic rings. The monoisotopic (exact) mass is 309 g/mol. The first kappa shape index (κ1) is 14.6. The van der Waals surface area contributed by atoms with Gasteiger partial charge in [0.1, 0.15) is 11.6 Å². The minimum atomic E-state index is -0.461. The molecule has 1 amide bonds. The van der Waals surface area contributed by atoms with Crippen molar-refractivity contribution in [2.75, 3.05) is 5.32 Å². The van der Waals surface area contributed by atoms with E-state index in [9.17, 15) is 9.18 Å². The quantitative estimate of drug-likeness (QED) is 0.799. The van der Waals surface area contributed by atoms with Crippen molar-refractivity contribution in [3.05, 3.63) is 78.5 Å². The number of amides is 1. The fourth-order valence-electron chi connectivity index (χ4n) is 1.93. The molecule has 3 rings (SSSR count). The van der Waals surface area contributed by atoms with E-state index in [1.807, 2.05) is 0 Å². The summed E-state index contributed by atoms with van der Waals surface area (Å²) in [6, 6.07) is 12.3. The molecule has 0 fully saturated rings. The molecule has 23 heavy (non-hydrogen) atoms. The molecule has 0 aliphatic rings. The Morgan fingerprint density at radius 1 is 1.09 bits per heavy atom. The summed E-state index contributed by atoms with van der Waals surface area (Å²) in [6.45, 7) is 0. The average Bonchev–Trinajstić information content (AvgIpc) is 2.56. The number of hydrogen-bond donors (Lipinski definition) is 1. The number of carbonyl (C=O) groups is 1. The Morgan fingerprint density at radius 3 is 2.74 bits per heavy atom. The number of anilines is 1. The smallest absolute Gasteiger partial charge is 0.255 e. The van der Waals surface area contributed by atoms with Crippen LogP contribution in [0.5, 0.6) is 11.6 Å². The predicted molar refractivity (Wildman–Crippen MR) is 82.9 cm³/mol. The summed E-state index contributed by atoms with van der Waals surface area (Å²) in [5.41, 5.74) is 0.769. The van der Waals surface area contributed by atoms with Gasteiger partial charge in [0, 0.05) is 29.7 Å². The summed E-state index contributed by atoms with van der Waals surface area (Å²) in [7, 11) is 0. The van der Waals surface area contributed by atoms with Gasteiger partial charge in [0.2, 0.25) is 5.88 Å². The fourth-order valence-corrected chi connectivity index (χ4v) is 1.93. The zero-order valence-corrected chi connectivity index (χ0v) is 11.9. The molecule has 1 N–H and O–H groups in total. The van der Waals surface area contributed by atoms with Gasteiger partial charge >= 0.3 is 0 Å². The Bertz CT molecular complexity index is 825. The Morgan fingerprint density at radius 2 is 1.96 bits per heavy atom. The highest BCUT2D eigenvalue weighted by Crippen LogP contribution is 2.22. The third kappa shape index (κ3) is 3.88. The highest BCUT2D eigenvalue weighted by atomic mass is 19.1.